The third-order valence-electron chi connectivity index (χ3n) is 2.74. The number of rotatable bonds is 7. The lowest BCUT2D eigenvalue weighted by molar-refractivity contribution is -0.120. The van der Waals surface area contributed by atoms with E-state index in [9.17, 15) is 9.59 Å². The molecule has 0 saturated carbocycles. The number of carbonyl (C=O) groups excluding carboxylic acids is 2. The molecule has 1 rings (SSSR count). The van der Waals surface area contributed by atoms with Gasteiger partial charge in [0.15, 0.2) is 0 Å². The zero-order valence-electron chi connectivity index (χ0n) is 12.1. The van der Waals surface area contributed by atoms with Crippen molar-refractivity contribution >= 4 is 11.8 Å². The molecule has 0 aliphatic carbocycles. The number of benzene rings is 1. The van der Waals surface area contributed by atoms with Gasteiger partial charge in [-0.25, -0.2) is 0 Å². The highest BCUT2D eigenvalue weighted by Gasteiger charge is 2.08. The van der Waals surface area contributed by atoms with Gasteiger partial charge in [-0.05, 0) is 36.6 Å². The van der Waals surface area contributed by atoms with Crippen LogP contribution in [0.15, 0.2) is 24.3 Å². The summed E-state index contributed by atoms with van der Waals surface area (Å²) in [5.41, 5.74) is 7.06. The van der Waals surface area contributed by atoms with E-state index in [4.69, 9.17) is 5.73 Å². The quantitative estimate of drug-likeness (QED) is 0.685. The lowest BCUT2D eigenvalue weighted by Crippen LogP contribution is -2.38. The standard InChI is InChI=1S/C15H23N3O2/c1-11(2)9-17-14(19)10-18-15(20)13-5-3-4-12(8-13)6-7-16/h3-5,8,11H,6-7,9-10,16H2,1-2H3,(H,17,19)(H,18,20). The maximum absolute atomic E-state index is 11.9. The number of carbonyl (C=O) groups is 2. The van der Waals surface area contributed by atoms with Crippen LogP contribution in [0.5, 0.6) is 0 Å². The van der Waals surface area contributed by atoms with E-state index < -0.39 is 0 Å². The summed E-state index contributed by atoms with van der Waals surface area (Å²) in [7, 11) is 0. The van der Waals surface area contributed by atoms with E-state index >= 15 is 0 Å². The van der Waals surface area contributed by atoms with Gasteiger partial charge in [0.25, 0.3) is 5.91 Å². The van der Waals surface area contributed by atoms with E-state index in [0.29, 0.717) is 24.6 Å². The topological polar surface area (TPSA) is 84.2 Å². The summed E-state index contributed by atoms with van der Waals surface area (Å²) >= 11 is 0. The fourth-order valence-electron chi connectivity index (χ4n) is 1.68. The van der Waals surface area contributed by atoms with E-state index in [-0.39, 0.29) is 18.4 Å². The summed E-state index contributed by atoms with van der Waals surface area (Å²) in [6, 6.07) is 7.27. The molecule has 5 heteroatoms. The molecule has 0 atom stereocenters. The highest BCUT2D eigenvalue weighted by Crippen LogP contribution is 2.05. The summed E-state index contributed by atoms with van der Waals surface area (Å²) in [5, 5.41) is 5.36. The van der Waals surface area contributed by atoms with Gasteiger partial charge in [0.2, 0.25) is 5.91 Å². The van der Waals surface area contributed by atoms with Gasteiger partial charge in [0, 0.05) is 12.1 Å². The molecule has 0 unspecified atom stereocenters. The van der Waals surface area contributed by atoms with Crippen LogP contribution in [0.1, 0.15) is 29.8 Å². The fraction of sp³-hybridized carbons (Fsp3) is 0.467. The summed E-state index contributed by atoms with van der Waals surface area (Å²) in [6.07, 6.45) is 0.732. The molecule has 0 fully saturated rings. The lowest BCUT2D eigenvalue weighted by Gasteiger charge is -2.09. The number of hydrogen-bond donors (Lipinski definition) is 3. The smallest absolute Gasteiger partial charge is 0.251 e. The monoisotopic (exact) mass is 277 g/mol. The zero-order valence-corrected chi connectivity index (χ0v) is 12.1. The van der Waals surface area contributed by atoms with Crippen molar-refractivity contribution in [2.24, 2.45) is 11.7 Å². The molecule has 110 valence electrons. The molecular formula is C15H23N3O2. The highest BCUT2D eigenvalue weighted by molar-refractivity contribution is 5.96. The number of hydrogen-bond acceptors (Lipinski definition) is 3. The van der Waals surface area contributed by atoms with Gasteiger partial charge in [-0.1, -0.05) is 26.0 Å². The first-order valence-electron chi connectivity index (χ1n) is 6.87. The van der Waals surface area contributed by atoms with Crippen molar-refractivity contribution in [1.29, 1.82) is 0 Å². The number of nitrogens with two attached hydrogens (primary N) is 1. The van der Waals surface area contributed by atoms with Crippen LogP contribution >= 0.6 is 0 Å². The molecule has 0 heterocycles. The second-order valence-electron chi connectivity index (χ2n) is 5.12. The van der Waals surface area contributed by atoms with E-state index in [1.54, 1.807) is 12.1 Å². The minimum Gasteiger partial charge on any atom is -0.354 e. The highest BCUT2D eigenvalue weighted by atomic mass is 16.2. The minimum absolute atomic E-state index is 0.00727. The normalized spacial score (nSPS) is 10.4. The van der Waals surface area contributed by atoms with Gasteiger partial charge in [-0.3, -0.25) is 9.59 Å². The van der Waals surface area contributed by atoms with Crippen molar-refractivity contribution in [1.82, 2.24) is 10.6 Å². The van der Waals surface area contributed by atoms with Crippen LogP contribution in [0.3, 0.4) is 0 Å². The summed E-state index contributed by atoms with van der Waals surface area (Å²) in [4.78, 5) is 23.4. The molecule has 2 amide bonds. The van der Waals surface area contributed by atoms with Crippen LogP contribution < -0.4 is 16.4 Å². The van der Waals surface area contributed by atoms with Crippen molar-refractivity contribution in [3.05, 3.63) is 35.4 Å². The Balaban J connectivity index is 2.46. The molecule has 0 spiro atoms. The van der Waals surface area contributed by atoms with Crippen molar-refractivity contribution < 1.29 is 9.59 Å². The van der Waals surface area contributed by atoms with Crippen molar-refractivity contribution in [3.63, 3.8) is 0 Å². The van der Waals surface area contributed by atoms with Gasteiger partial charge in [-0.15, -0.1) is 0 Å². The Labute approximate surface area is 119 Å². The zero-order chi connectivity index (χ0) is 15.0. The molecule has 1 aromatic carbocycles. The van der Waals surface area contributed by atoms with Crippen LogP contribution in [0.4, 0.5) is 0 Å². The predicted octanol–water partition coefficient (Wildman–Crippen LogP) is 0.690. The predicted molar refractivity (Wildman–Crippen MR) is 79.4 cm³/mol. The molecule has 4 N–H and O–H groups in total. The van der Waals surface area contributed by atoms with Gasteiger partial charge in [-0.2, -0.15) is 0 Å². The third kappa shape index (κ3) is 5.84. The van der Waals surface area contributed by atoms with Crippen molar-refractivity contribution in [2.45, 2.75) is 20.3 Å². The molecule has 0 aliphatic heterocycles. The van der Waals surface area contributed by atoms with E-state index in [1.807, 2.05) is 26.0 Å². The molecule has 1 aromatic rings. The van der Waals surface area contributed by atoms with Crippen LogP contribution in [-0.4, -0.2) is 31.4 Å². The Morgan fingerprint density at radius 3 is 2.65 bits per heavy atom. The minimum atomic E-state index is -0.247. The molecule has 0 saturated heterocycles. The fourth-order valence-corrected chi connectivity index (χ4v) is 1.68. The van der Waals surface area contributed by atoms with Gasteiger partial charge < -0.3 is 16.4 Å². The first kappa shape index (κ1) is 16.2. The van der Waals surface area contributed by atoms with Crippen molar-refractivity contribution in [2.75, 3.05) is 19.6 Å². The molecule has 0 aliphatic rings. The van der Waals surface area contributed by atoms with Gasteiger partial charge in [0.05, 0.1) is 6.54 Å². The SMILES string of the molecule is CC(C)CNC(=O)CNC(=O)c1cccc(CCN)c1. The van der Waals surface area contributed by atoms with E-state index in [1.165, 1.54) is 0 Å². The van der Waals surface area contributed by atoms with Crippen molar-refractivity contribution in [3.8, 4) is 0 Å². The van der Waals surface area contributed by atoms with Gasteiger partial charge in [0.1, 0.15) is 0 Å². The lowest BCUT2D eigenvalue weighted by atomic mass is 10.1. The molecule has 0 aromatic heterocycles. The Kier molecular flexibility index (Phi) is 6.73. The Morgan fingerprint density at radius 2 is 2.00 bits per heavy atom. The summed E-state index contributed by atoms with van der Waals surface area (Å²) in [5.74, 6) is -0.0312. The average molecular weight is 277 g/mol. The van der Waals surface area contributed by atoms with Crippen LogP contribution in [-0.2, 0) is 11.2 Å². The van der Waals surface area contributed by atoms with E-state index in [0.717, 1.165) is 12.0 Å². The van der Waals surface area contributed by atoms with Gasteiger partial charge >= 0.3 is 0 Å². The molecular weight excluding hydrogens is 254 g/mol. The first-order valence-corrected chi connectivity index (χ1v) is 6.87. The summed E-state index contributed by atoms with van der Waals surface area (Å²) < 4.78 is 0. The van der Waals surface area contributed by atoms with E-state index in [2.05, 4.69) is 10.6 Å². The second-order valence-corrected chi connectivity index (χ2v) is 5.12. The van der Waals surface area contributed by atoms with Crippen LogP contribution in [0, 0.1) is 5.92 Å². The number of nitrogens with one attached hydrogen (secondary N) is 2. The third-order valence-corrected chi connectivity index (χ3v) is 2.74. The molecule has 5 nitrogen and oxygen atoms in total. The molecule has 0 bridgehead atoms. The van der Waals surface area contributed by atoms with Crippen LogP contribution in [0.2, 0.25) is 0 Å². The second kappa shape index (κ2) is 8.32. The Morgan fingerprint density at radius 1 is 1.25 bits per heavy atom. The van der Waals surface area contributed by atoms with Crippen LogP contribution in [0.25, 0.3) is 0 Å². The number of amides is 2. The average Bonchev–Trinajstić information content (AvgIpc) is 2.43. The molecule has 0 radical (unpaired) electrons. The summed E-state index contributed by atoms with van der Waals surface area (Å²) in [6.45, 7) is 5.18. The maximum Gasteiger partial charge on any atom is 0.251 e. The first-order chi connectivity index (χ1) is 9.52. The maximum atomic E-state index is 11.9. The molecule has 20 heavy (non-hydrogen) atoms. The Hall–Kier alpha value is -1.88. The Bertz CT molecular complexity index is 458. The largest absolute Gasteiger partial charge is 0.354 e.